The second-order valence-electron chi connectivity index (χ2n) is 6.74. The van der Waals surface area contributed by atoms with E-state index in [1.807, 2.05) is 60.8 Å². The highest BCUT2D eigenvalue weighted by molar-refractivity contribution is 5.80. The van der Waals surface area contributed by atoms with E-state index >= 15 is 0 Å². The number of nitrogens with one attached hydrogen (secondary N) is 1. The quantitative estimate of drug-likeness (QED) is 0.523. The monoisotopic (exact) mass is 407 g/mol. The maximum absolute atomic E-state index is 11.9. The summed E-state index contributed by atoms with van der Waals surface area (Å²) in [4.78, 5) is 23.8. The van der Waals surface area contributed by atoms with Crippen LogP contribution in [0, 0.1) is 0 Å². The highest BCUT2D eigenvalue weighted by Gasteiger charge is 2.09. The van der Waals surface area contributed by atoms with Crippen LogP contribution in [0.1, 0.15) is 17.5 Å². The molecule has 156 valence electrons. The van der Waals surface area contributed by atoms with Crippen LogP contribution in [-0.4, -0.2) is 41.9 Å². The Bertz CT molecular complexity index is 952. The zero-order valence-corrected chi connectivity index (χ0v) is 16.9. The van der Waals surface area contributed by atoms with Gasteiger partial charge in [0.25, 0.3) is 5.91 Å². The lowest BCUT2D eigenvalue weighted by Gasteiger charge is -2.07. The van der Waals surface area contributed by atoms with E-state index in [-0.39, 0.29) is 18.9 Å². The lowest BCUT2D eigenvalue weighted by Crippen LogP contribution is -2.30. The van der Waals surface area contributed by atoms with Crippen molar-refractivity contribution < 1.29 is 19.1 Å². The van der Waals surface area contributed by atoms with Crippen LogP contribution in [0.15, 0.2) is 67.0 Å². The topological polar surface area (TPSA) is 82.4 Å². The van der Waals surface area contributed by atoms with Crippen LogP contribution >= 0.6 is 0 Å². The Hall–Kier alpha value is -3.61. The van der Waals surface area contributed by atoms with Gasteiger partial charge in [0.05, 0.1) is 19.0 Å². The Morgan fingerprint density at radius 1 is 1.00 bits per heavy atom. The lowest BCUT2D eigenvalue weighted by atomic mass is 10.1. The molecule has 7 nitrogen and oxygen atoms in total. The molecule has 0 saturated carbocycles. The van der Waals surface area contributed by atoms with Crippen LogP contribution < -0.4 is 10.1 Å². The van der Waals surface area contributed by atoms with E-state index < -0.39 is 5.97 Å². The number of methoxy groups -OCH3 is 1. The van der Waals surface area contributed by atoms with Gasteiger partial charge in [-0.05, 0) is 48.2 Å². The smallest absolute Gasteiger partial charge is 0.306 e. The van der Waals surface area contributed by atoms with Crippen molar-refractivity contribution in [1.82, 2.24) is 15.1 Å². The Morgan fingerprint density at radius 3 is 2.50 bits per heavy atom. The SMILES string of the molecule is COc1ccc(CCNC(=O)COC(=O)CCc2cnn(-c3ccccc3)c2)cc1. The molecule has 1 heterocycles. The maximum atomic E-state index is 11.9. The average molecular weight is 407 g/mol. The predicted octanol–water partition coefficient (Wildman–Crippen LogP) is 2.72. The second kappa shape index (κ2) is 10.8. The normalized spacial score (nSPS) is 10.4. The number of carbonyl (C=O) groups is 2. The summed E-state index contributed by atoms with van der Waals surface area (Å²) >= 11 is 0. The zero-order valence-electron chi connectivity index (χ0n) is 16.9. The lowest BCUT2D eigenvalue weighted by molar-refractivity contribution is -0.148. The van der Waals surface area contributed by atoms with E-state index in [9.17, 15) is 9.59 Å². The van der Waals surface area contributed by atoms with Crippen LogP contribution in [0.3, 0.4) is 0 Å². The standard InChI is InChI=1S/C23H25N3O4/c1-29-21-10-7-18(8-11-21)13-14-24-22(27)17-30-23(28)12-9-19-15-25-26(16-19)20-5-3-2-4-6-20/h2-8,10-11,15-16H,9,12-14,17H2,1H3,(H,24,27). The third-order valence-electron chi connectivity index (χ3n) is 4.53. The first-order valence-electron chi connectivity index (χ1n) is 9.78. The van der Waals surface area contributed by atoms with Gasteiger partial charge in [0.15, 0.2) is 6.61 Å². The third-order valence-corrected chi connectivity index (χ3v) is 4.53. The number of rotatable bonds is 10. The van der Waals surface area contributed by atoms with E-state index in [1.165, 1.54) is 0 Å². The summed E-state index contributed by atoms with van der Waals surface area (Å²) in [6, 6.07) is 17.4. The molecule has 0 aliphatic heterocycles. The third kappa shape index (κ3) is 6.48. The van der Waals surface area contributed by atoms with Gasteiger partial charge in [0.2, 0.25) is 0 Å². The van der Waals surface area contributed by atoms with Crippen molar-refractivity contribution in [2.24, 2.45) is 0 Å². The summed E-state index contributed by atoms with van der Waals surface area (Å²) in [5.74, 6) is 0.0728. The molecule has 0 saturated heterocycles. The molecule has 3 aromatic rings. The number of hydrogen-bond acceptors (Lipinski definition) is 5. The summed E-state index contributed by atoms with van der Waals surface area (Å²) in [5, 5.41) is 7.05. The number of para-hydroxylation sites is 1. The minimum absolute atomic E-state index is 0.194. The summed E-state index contributed by atoms with van der Waals surface area (Å²) in [6.45, 7) is 0.201. The van der Waals surface area contributed by atoms with Crippen molar-refractivity contribution in [3.05, 3.63) is 78.1 Å². The number of aromatic nitrogens is 2. The van der Waals surface area contributed by atoms with Crippen molar-refractivity contribution in [2.45, 2.75) is 19.3 Å². The largest absolute Gasteiger partial charge is 0.497 e. The Morgan fingerprint density at radius 2 is 1.77 bits per heavy atom. The fourth-order valence-electron chi connectivity index (χ4n) is 2.87. The van der Waals surface area contributed by atoms with Crippen molar-refractivity contribution in [1.29, 1.82) is 0 Å². The summed E-state index contributed by atoms with van der Waals surface area (Å²) in [5.41, 5.74) is 2.97. The van der Waals surface area contributed by atoms with E-state index in [0.29, 0.717) is 19.4 Å². The predicted molar refractivity (Wildman–Crippen MR) is 113 cm³/mol. The number of carbonyl (C=O) groups excluding carboxylic acids is 2. The Labute approximate surface area is 175 Å². The van der Waals surface area contributed by atoms with Crippen molar-refractivity contribution in [2.75, 3.05) is 20.3 Å². The van der Waals surface area contributed by atoms with Gasteiger partial charge in [-0.1, -0.05) is 30.3 Å². The number of aryl methyl sites for hydroxylation is 1. The van der Waals surface area contributed by atoms with Crippen LogP contribution in [-0.2, 0) is 27.2 Å². The number of ether oxygens (including phenoxy) is 2. The van der Waals surface area contributed by atoms with Gasteiger partial charge in [-0.25, -0.2) is 4.68 Å². The summed E-state index contributed by atoms with van der Waals surface area (Å²) in [6.07, 6.45) is 5.00. The molecule has 1 N–H and O–H groups in total. The van der Waals surface area contributed by atoms with Crippen molar-refractivity contribution in [3.63, 3.8) is 0 Å². The molecule has 1 aromatic heterocycles. The molecular weight excluding hydrogens is 382 g/mol. The first kappa shape index (κ1) is 21.1. The molecule has 0 radical (unpaired) electrons. The summed E-state index contributed by atoms with van der Waals surface area (Å²) in [7, 11) is 1.62. The first-order valence-corrected chi connectivity index (χ1v) is 9.78. The van der Waals surface area contributed by atoms with E-state index in [1.54, 1.807) is 18.0 Å². The minimum atomic E-state index is -0.409. The molecule has 0 atom stereocenters. The Kier molecular flexibility index (Phi) is 7.60. The zero-order chi connectivity index (χ0) is 21.2. The first-order chi connectivity index (χ1) is 14.6. The van der Waals surface area contributed by atoms with Crippen molar-refractivity contribution in [3.8, 4) is 11.4 Å². The minimum Gasteiger partial charge on any atom is -0.497 e. The number of esters is 1. The second-order valence-corrected chi connectivity index (χ2v) is 6.74. The number of hydrogen-bond donors (Lipinski definition) is 1. The van der Waals surface area contributed by atoms with Crippen molar-refractivity contribution >= 4 is 11.9 Å². The molecule has 30 heavy (non-hydrogen) atoms. The fourth-order valence-corrected chi connectivity index (χ4v) is 2.87. The van der Waals surface area contributed by atoms with Gasteiger partial charge in [0, 0.05) is 19.2 Å². The van der Waals surface area contributed by atoms with Gasteiger partial charge in [-0.15, -0.1) is 0 Å². The van der Waals surface area contributed by atoms with Crippen LogP contribution in [0.2, 0.25) is 0 Å². The molecule has 0 bridgehead atoms. The number of amides is 1. The molecular formula is C23H25N3O4. The molecule has 7 heteroatoms. The number of benzene rings is 2. The molecule has 0 unspecified atom stereocenters. The van der Waals surface area contributed by atoms with E-state index in [2.05, 4.69) is 10.4 Å². The van der Waals surface area contributed by atoms with E-state index in [4.69, 9.17) is 9.47 Å². The van der Waals surface area contributed by atoms with Gasteiger partial charge >= 0.3 is 5.97 Å². The van der Waals surface area contributed by atoms with Crippen LogP contribution in [0.5, 0.6) is 5.75 Å². The number of nitrogens with zero attached hydrogens (tertiary/aromatic N) is 2. The molecule has 2 aromatic carbocycles. The highest BCUT2D eigenvalue weighted by atomic mass is 16.5. The van der Waals surface area contributed by atoms with Crippen LogP contribution in [0.25, 0.3) is 5.69 Å². The van der Waals surface area contributed by atoms with E-state index in [0.717, 1.165) is 22.6 Å². The molecule has 0 aliphatic rings. The highest BCUT2D eigenvalue weighted by Crippen LogP contribution is 2.11. The van der Waals surface area contributed by atoms with Gasteiger partial charge in [-0.3, -0.25) is 9.59 Å². The average Bonchev–Trinajstić information content (AvgIpc) is 3.26. The van der Waals surface area contributed by atoms with Gasteiger partial charge in [0.1, 0.15) is 5.75 Å². The fraction of sp³-hybridized carbons (Fsp3) is 0.261. The molecule has 0 spiro atoms. The van der Waals surface area contributed by atoms with Gasteiger partial charge in [-0.2, -0.15) is 5.10 Å². The molecule has 0 aliphatic carbocycles. The molecule has 3 rings (SSSR count). The Balaban J connectivity index is 1.32. The molecule has 0 fully saturated rings. The summed E-state index contributed by atoms with van der Waals surface area (Å²) < 4.78 is 11.9. The van der Waals surface area contributed by atoms with Crippen LogP contribution in [0.4, 0.5) is 0 Å². The molecule has 1 amide bonds. The van der Waals surface area contributed by atoms with Gasteiger partial charge < -0.3 is 14.8 Å². The maximum Gasteiger partial charge on any atom is 0.306 e.